The highest BCUT2D eigenvalue weighted by molar-refractivity contribution is 5.79. The first-order valence-electron chi connectivity index (χ1n) is 7.97. The van der Waals surface area contributed by atoms with Gasteiger partial charge in [-0.25, -0.2) is 4.98 Å². The van der Waals surface area contributed by atoms with Crippen molar-refractivity contribution in [1.29, 1.82) is 0 Å². The molecule has 1 aliphatic rings. The second-order valence-corrected chi connectivity index (χ2v) is 5.99. The molecule has 0 unspecified atom stereocenters. The van der Waals surface area contributed by atoms with E-state index >= 15 is 0 Å². The third kappa shape index (κ3) is 3.14. The number of hydrogen-bond acceptors (Lipinski definition) is 4. The normalized spacial score (nSPS) is 16.1. The molecule has 2 aromatic rings. The molecule has 0 spiro atoms. The third-order valence-electron chi connectivity index (χ3n) is 4.40. The molecule has 0 saturated carbocycles. The number of aromatic amines is 1. The Balaban J connectivity index is 1.92. The van der Waals surface area contributed by atoms with Gasteiger partial charge in [0.25, 0.3) is 5.56 Å². The summed E-state index contributed by atoms with van der Waals surface area (Å²) in [5, 5.41) is 0. The van der Waals surface area contributed by atoms with Gasteiger partial charge in [0, 0.05) is 12.6 Å². The van der Waals surface area contributed by atoms with Crippen LogP contribution in [-0.4, -0.2) is 41.6 Å². The van der Waals surface area contributed by atoms with Crippen molar-refractivity contribution in [2.75, 3.05) is 26.7 Å². The van der Waals surface area contributed by atoms with E-state index in [1.165, 1.54) is 32.4 Å². The van der Waals surface area contributed by atoms with Gasteiger partial charge >= 0.3 is 0 Å². The van der Waals surface area contributed by atoms with Crippen molar-refractivity contribution in [3.8, 4) is 5.75 Å². The number of fused-ring (bicyclic) bond motifs is 1. The first kappa shape index (κ1) is 15.0. The topological polar surface area (TPSA) is 58.2 Å². The van der Waals surface area contributed by atoms with Crippen LogP contribution in [0.3, 0.4) is 0 Å². The van der Waals surface area contributed by atoms with Crippen LogP contribution in [0.1, 0.15) is 30.5 Å². The number of benzene rings is 1. The SMILES string of the molecule is COc1cc(CCN2CCCCC2)c2nc(C)c(=O)[nH]c2c1. The molecule has 1 fully saturated rings. The average Bonchev–Trinajstić information content (AvgIpc) is 2.54. The molecular weight excluding hydrogens is 278 g/mol. The highest BCUT2D eigenvalue weighted by atomic mass is 16.5. The van der Waals surface area contributed by atoms with Gasteiger partial charge in [-0.3, -0.25) is 4.79 Å². The summed E-state index contributed by atoms with van der Waals surface area (Å²) in [6.07, 6.45) is 4.86. The Hall–Kier alpha value is -1.88. The van der Waals surface area contributed by atoms with Gasteiger partial charge in [-0.15, -0.1) is 0 Å². The summed E-state index contributed by atoms with van der Waals surface area (Å²) in [6.45, 7) is 5.15. The summed E-state index contributed by atoms with van der Waals surface area (Å²) in [6, 6.07) is 3.88. The molecule has 1 aliphatic heterocycles. The molecule has 1 aromatic carbocycles. The smallest absolute Gasteiger partial charge is 0.269 e. The predicted molar refractivity (Wildman–Crippen MR) is 87.6 cm³/mol. The van der Waals surface area contributed by atoms with E-state index in [9.17, 15) is 4.79 Å². The molecular formula is C17H23N3O2. The van der Waals surface area contributed by atoms with E-state index < -0.39 is 0 Å². The number of aryl methyl sites for hydroxylation is 1. The van der Waals surface area contributed by atoms with Gasteiger partial charge in [-0.2, -0.15) is 0 Å². The van der Waals surface area contributed by atoms with Crippen molar-refractivity contribution < 1.29 is 4.74 Å². The van der Waals surface area contributed by atoms with Crippen molar-refractivity contribution in [3.63, 3.8) is 0 Å². The second-order valence-electron chi connectivity index (χ2n) is 5.99. The third-order valence-corrected chi connectivity index (χ3v) is 4.40. The molecule has 22 heavy (non-hydrogen) atoms. The Morgan fingerprint density at radius 2 is 2.05 bits per heavy atom. The van der Waals surface area contributed by atoms with Crippen LogP contribution in [0.4, 0.5) is 0 Å². The van der Waals surface area contributed by atoms with Gasteiger partial charge < -0.3 is 14.6 Å². The highest BCUT2D eigenvalue weighted by Gasteiger charge is 2.13. The van der Waals surface area contributed by atoms with Crippen LogP contribution in [0.25, 0.3) is 11.0 Å². The van der Waals surface area contributed by atoms with E-state index in [0.29, 0.717) is 5.69 Å². The van der Waals surface area contributed by atoms with Crippen LogP contribution in [0.15, 0.2) is 16.9 Å². The lowest BCUT2D eigenvalue weighted by Gasteiger charge is -2.26. The number of nitrogens with zero attached hydrogens (tertiary/aromatic N) is 2. The van der Waals surface area contributed by atoms with Gasteiger partial charge in [0.05, 0.1) is 18.1 Å². The van der Waals surface area contributed by atoms with E-state index in [0.717, 1.165) is 35.3 Å². The summed E-state index contributed by atoms with van der Waals surface area (Å²) in [5.41, 5.74) is 3.15. The highest BCUT2D eigenvalue weighted by Crippen LogP contribution is 2.23. The van der Waals surface area contributed by atoms with E-state index in [1.807, 2.05) is 12.1 Å². The maximum absolute atomic E-state index is 11.8. The molecule has 1 aromatic heterocycles. The number of nitrogens with one attached hydrogen (secondary N) is 1. The number of hydrogen-bond donors (Lipinski definition) is 1. The van der Waals surface area contributed by atoms with E-state index in [4.69, 9.17) is 4.74 Å². The zero-order valence-corrected chi connectivity index (χ0v) is 13.3. The Bertz CT molecular complexity index is 718. The van der Waals surface area contributed by atoms with Crippen LogP contribution in [0, 0.1) is 6.92 Å². The molecule has 2 heterocycles. The first-order valence-corrected chi connectivity index (χ1v) is 7.97. The lowest BCUT2D eigenvalue weighted by molar-refractivity contribution is 0.231. The molecule has 3 rings (SSSR count). The molecule has 5 heteroatoms. The van der Waals surface area contributed by atoms with Crippen LogP contribution in [0.2, 0.25) is 0 Å². The number of aromatic nitrogens is 2. The lowest BCUT2D eigenvalue weighted by atomic mass is 10.1. The Labute approximate surface area is 130 Å². The van der Waals surface area contributed by atoms with Gasteiger partial charge in [0.1, 0.15) is 11.4 Å². The second kappa shape index (κ2) is 6.48. The zero-order valence-electron chi connectivity index (χ0n) is 13.3. The van der Waals surface area contributed by atoms with Crippen LogP contribution in [-0.2, 0) is 6.42 Å². The standard InChI is InChI=1S/C17H23N3O2/c1-12-17(21)19-15-11-14(22-2)10-13(16(15)18-12)6-9-20-7-4-3-5-8-20/h10-11H,3-9H2,1-2H3,(H,19,21). The number of piperidine rings is 1. The Morgan fingerprint density at radius 1 is 1.27 bits per heavy atom. The molecule has 118 valence electrons. The van der Waals surface area contributed by atoms with Gasteiger partial charge in [0.2, 0.25) is 0 Å². The predicted octanol–water partition coefficient (Wildman–Crippen LogP) is 2.27. The number of methoxy groups -OCH3 is 1. The maximum atomic E-state index is 11.8. The fourth-order valence-electron chi connectivity index (χ4n) is 3.09. The van der Waals surface area contributed by atoms with Crippen LogP contribution < -0.4 is 10.3 Å². The molecule has 0 aliphatic carbocycles. The van der Waals surface area contributed by atoms with E-state index in [-0.39, 0.29) is 5.56 Å². The summed E-state index contributed by atoms with van der Waals surface area (Å²) in [7, 11) is 1.65. The van der Waals surface area contributed by atoms with Gasteiger partial charge in [-0.1, -0.05) is 6.42 Å². The van der Waals surface area contributed by atoms with Gasteiger partial charge in [0.15, 0.2) is 0 Å². The number of H-pyrrole nitrogens is 1. The van der Waals surface area contributed by atoms with Gasteiger partial charge in [-0.05, 0) is 50.9 Å². The van der Waals surface area contributed by atoms with Crippen LogP contribution >= 0.6 is 0 Å². The molecule has 1 saturated heterocycles. The molecule has 0 atom stereocenters. The van der Waals surface area contributed by atoms with Crippen LogP contribution in [0.5, 0.6) is 5.75 Å². The van der Waals surface area contributed by atoms with Crippen molar-refractivity contribution in [2.45, 2.75) is 32.6 Å². The monoisotopic (exact) mass is 301 g/mol. The lowest BCUT2D eigenvalue weighted by Crippen LogP contribution is -2.31. The van der Waals surface area contributed by atoms with Crippen molar-refractivity contribution >= 4 is 11.0 Å². The summed E-state index contributed by atoms with van der Waals surface area (Å²) < 4.78 is 5.36. The Kier molecular flexibility index (Phi) is 4.43. The minimum Gasteiger partial charge on any atom is -0.497 e. The quantitative estimate of drug-likeness (QED) is 0.941. The number of likely N-dealkylation sites (tertiary alicyclic amines) is 1. The number of ether oxygens (including phenoxy) is 1. The Morgan fingerprint density at radius 3 is 2.77 bits per heavy atom. The fourth-order valence-corrected chi connectivity index (χ4v) is 3.09. The average molecular weight is 301 g/mol. The molecule has 1 N–H and O–H groups in total. The molecule has 5 nitrogen and oxygen atoms in total. The van der Waals surface area contributed by atoms with Crippen molar-refractivity contribution in [3.05, 3.63) is 33.7 Å². The zero-order chi connectivity index (χ0) is 15.5. The fraction of sp³-hybridized carbons (Fsp3) is 0.529. The van der Waals surface area contributed by atoms with Crippen molar-refractivity contribution in [2.24, 2.45) is 0 Å². The first-order chi connectivity index (χ1) is 10.7. The summed E-state index contributed by atoms with van der Waals surface area (Å²) in [5.74, 6) is 0.766. The van der Waals surface area contributed by atoms with E-state index in [2.05, 4.69) is 14.9 Å². The molecule has 0 radical (unpaired) electrons. The maximum Gasteiger partial charge on any atom is 0.269 e. The van der Waals surface area contributed by atoms with E-state index in [1.54, 1.807) is 14.0 Å². The summed E-state index contributed by atoms with van der Waals surface area (Å²) >= 11 is 0. The largest absolute Gasteiger partial charge is 0.497 e. The number of rotatable bonds is 4. The van der Waals surface area contributed by atoms with Crippen molar-refractivity contribution in [1.82, 2.24) is 14.9 Å². The molecule has 0 bridgehead atoms. The summed E-state index contributed by atoms with van der Waals surface area (Å²) in [4.78, 5) is 21.7. The minimum absolute atomic E-state index is 0.136. The molecule has 0 amide bonds. The minimum atomic E-state index is -0.136.